The maximum atomic E-state index is 6.19. The number of hydrogen-bond acceptors (Lipinski definition) is 3. The maximum absolute atomic E-state index is 6.19. The Bertz CT molecular complexity index is 572. The Kier molecular flexibility index (Phi) is 4.74. The summed E-state index contributed by atoms with van der Waals surface area (Å²) < 4.78 is 0. The van der Waals surface area contributed by atoms with Gasteiger partial charge < -0.3 is 11.1 Å². The van der Waals surface area contributed by atoms with Crippen LogP contribution in [0.25, 0.3) is 0 Å². The van der Waals surface area contributed by atoms with Crippen LogP contribution in [0.3, 0.4) is 0 Å². The van der Waals surface area contributed by atoms with Crippen LogP contribution < -0.4 is 11.1 Å². The molecule has 0 aliphatic carbocycles. The summed E-state index contributed by atoms with van der Waals surface area (Å²) in [5.74, 6) is 0. The van der Waals surface area contributed by atoms with E-state index < -0.39 is 0 Å². The molecule has 1 atom stereocenters. The van der Waals surface area contributed by atoms with E-state index in [1.807, 2.05) is 35.6 Å². The van der Waals surface area contributed by atoms with Gasteiger partial charge >= 0.3 is 0 Å². The fraction of sp³-hybridized carbons (Fsp3) is 0.375. The molecular weight excluding hydrogens is 288 g/mol. The molecule has 2 nitrogen and oxygen atoms in total. The van der Waals surface area contributed by atoms with Gasteiger partial charge in [-0.15, -0.1) is 11.3 Å². The van der Waals surface area contributed by atoms with Crippen molar-refractivity contribution in [1.82, 2.24) is 0 Å². The third-order valence-corrected chi connectivity index (χ3v) is 5.10. The summed E-state index contributed by atoms with van der Waals surface area (Å²) in [6.45, 7) is 7.21. The summed E-state index contributed by atoms with van der Waals surface area (Å²) >= 11 is 8.00. The van der Waals surface area contributed by atoms with Crippen molar-refractivity contribution < 1.29 is 0 Å². The van der Waals surface area contributed by atoms with Gasteiger partial charge in [-0.1, -0.05) is 44.5 Å². The van der Waals surface area contributed by atoms with Gasteiger partial charge in [-0.25, -0.2) is 0 Å². The van der Waals surface area contributed by atoms with Gasteiger partial charge in [-0.2, -0.15) is 0 Å². The average molecular weight is 309 g/mol. The molecule has 0 fully saturated rings. The van der Waals surface area contributed by atoms with Gasteiger partial charge in [-0.3, -0.25) is 0 Å². The summed E-state index contributed by atoms with van der Waals surface area (Å²) in [4.78, 5) is 2.62. The molecule has 2 aromatic rings. The first kappa shape index (κ1) is 15.4. The van der Waals surface area contributed by atoms with Gasteiger partial charge in [-0.05, 0) is 29.7 Å². The largest absolute Gasteiger partial charge is 0.375 e. The van der Waals surface area contributed by atoms with Crippen LogP contribution in [0.1, 0.15) is 36.6 Å². The highest BCUT2D eigenvalue weighted by Crippen LogP contribution is 2.34. The van der Waals surface area contributed by atoms with Crippen molar-refractivity contribution in [1.29, 1.82) is 0 Å². The first-order chi connectivity index (χ1) is 9.41. The van der Waals surface area contributed by atoms with Crippen LogP contribution in [0.15, 0.2) is 36.4 Å². The Morgan fingerprint density at radius 1 is 1.20 bits per heavy atom. The fourth-order valence-corrected chi connectivity index (χ4v) is 3.28. The van der Waals surface area contributed by atoms with Gasteiger partial charge in [0.1, 0.15) is 0 Å². The van der Waals surface area contributed by atoms with Gasteiger partial charge in [0.2, 0.25) is 0 Å². The lowest BCUT2D eigenvalue weighted by atomic mass is 9.95. The zero-order chi connectivity index (χ0) is 14.8. The number of para-hydroxylation sites is 1. The van der Waals surface area contributed by atoms with Crippen molar-refractivity contribution in [2.75, 3.05) is 11.9 Å². The molecule has 20 heavy (non-hydrogen) atoms. The van der Waals surface area contributed by atoms with E-state index in [-0.39, 0.29) is 11.5 Å². The maximum Gasteiger partial charge on any atom is 0.0729 e. The molecular formula is C16H21ClN2S. The van der Waals surface area contributed by atoms with E-state index in [1.165, 1.54) is 9.75 Å². The molecule has 1 aromatic heterocycles. The molecule has 108 valence electrons. The van der Waals surface area contributed by atoms with Crippen LogP contribution in [0.2, 0.25) is 5.02 Å². The molecule has 3 N–H and O–H groups in total. The second kappa shape index (κ2) is 6.17. The Hall–Kier alpha value is -1.03. The number of thiophene rings is 1. The van der Waals surface area contributed by atoms with Crippen molar-refractivity contribution in [3.8, 4) is 0 Å². The minimum atomic E-state index is 0.0935. The first-order valence-electron chi connectivity index (χ1n) is 6.73. The van der Waals surface area contributed by atoms with E-state index in [4.69, 9.17) is 17.3 Å². The molecule has 0 amide bonds. The van der Waals surface area contributed by atoms with Gasteiger partial charge in [0.05, 0.1) is 16.8 Å². The lowest BCUT2D eigenvalue weighted by Crippen LogP contribution is -2.19. The Balaban J connectivity index is 2.21. The monoisotopic (exact) mass is 308 g/mol. The summed E-state index contributed by atoms with van der Waals surface area (Å²) in [6, 6.07) is 12.2. The molecule has 0 saturated heterocycles. The lowest BCUT2D eigenvalue weighted by molar-refractivity contribution is 0.604. The van der Waals surface area contributed by atoms with E-state index >= 15 is 0 Å². The highest BCUT2D eigenvalue weighted by molar-refractivity contribution is 7.12. The molecule has 0 radical (unpaired) electrons. The zero-order valence-corrected chi connectivity index (χ0v) is 13.7. The minimum Gasteiger partial charge on any atom is -0.375 e. The number of nitrogens with two attached hydrogens (primary N) is 1. The highest BCUT2D eigenvalue weighted by Gasteiger charge is 2.19. The number of benzene rings is 1. The zero-order valence-electron chi connectivity index (χ0n) is 12.1. The molecule has 1 heterocycles. The van der Waals surface area contributed by atoms with Crippen molar-refractivity contribution >= 4 is 28.6 Å². The second-order valence-corrected chi connectivity index (χ2v) is 7.39. The Labute approximate surface area is 130 Å². The molecule has 2 rings (SSSR count). The predicted molar refractivity (Wildman–Crippen MR) is 89.9 cm³/mol. The molecule has 4 heteroatoms. The normalized spacial score (nSPS) is 13.2. The van der Waals surface area contributed by atoms with E-state index in [2.05, 4.69) is 38.2 Å². The number of hydrogen-bond donors (Lipinski definition) is 2. The third kappa shape index (κ3) is 3.54. The van der Waals surface area contributed by atoms with Crippen LogP contribution in [0.4, 0.5) is 5.69 Å². The van der Waals surface area contributed by atoms with E-state index in [0.29, 0.717) is 6.54 Å². The summed E-state index contributed by atoms with van der Waals surface area (Å²) in [6.07, 6.45) is 0. The van der Waals surface area contributed by atoms with Gasteiger partial charge in [0.15, 0.2) is 0 Å². The van der Waals surface area contributed by atoms with E-state index in [9.17, 15) is 0 Å². The van der Waals surface area contributed by atoms with Gasteiger partial charge in [0.25, 0.3) is 0 Å². The number of halogens is 1. The number of nitrogens with one attached hydrogen (secondary N) is 1. The quantitative estimate of drug-likeness (QED) is 0.850. The van der Waals surface area contributed by atoms with E-state index in [1.54, 1.807) is 0 Å². The highest BCUT2D eigenvalue weighted by atomic mass is 35.5. The van der Waals surface area contributed by atoms with Crippen molar-refractivity contribution in [3.63, 3.8) is 0 Å². The van der Waals surface area contributed by atoms with Crippen LogP contribution in [0, 0.1) is 0 Å². The molecule has 0 aliphatic rings. The fourth-order valence-electron chi connectivity index (χ4n) is 1.96. The Morgan fingerprint density at radius 3 is 2.45 bits per heavy atom. The molecule has 0 aliphatic heterocycles. The molecule has 0 bridgehead atoms. The van der Waals surface area contributed by atoms with Crippen molar-refractivity contribution in [2.45, 2.75) is 32.2 Å². The topological polar surface area (TPSA) is 38.0 Å². The van der Waals surface area contributed by atoms with Crippen LogP contribution >= 0.6 is 22.9 Å². The molecule has 0 spiro atoms. The first-order valence-corrected chi connectivity index (χ1v) is 7.92. The van der Waals surface area contributed by atoms with Crippen LogP contribution in [-0.4, -0.2) is 6.54 Å². The Morgan fingerprint density at radius 2 is 1.90 bits per heavy atom. The number of anilines is 1. The number of rotatable bonds is 4. The second-order valence-electron chi connectivity index (χ2n) is 5.86. The SMILES string of the molecule is CC(C)(C)c1ccc(C(CN)Nc2ccccc2Cl)s1. The van der Waals surface area contributed by atoms with Crippen molar-refractivity contribution in [2.24, 2.45) is 5.73 Å². The lowest BCUT2D eigenvalue weighted by Gasteiger charge is -2.19. The third-order valence-electron chi connectivity index (χ3n) is 3.15. The van der Waals surface area contributed by atoms with Crippen LogP contribution in [0.5, 0.6) is 0 Å². The van der Waals surface area contributed by atoms with Crippen molar-refractivity contribution in [3.05, 3.63) is 51.2 Å². The van der Waals surface area contributed by atoms with E-state index in [0.717, 1.165) is 10.7 Å². The molecule has 1 unspecified atom stereocenters. The molecule has 1 aromatic carbocycles. The molecule has 0 saturated carbocycles. The summed E-state index contributed by atoms with van der Waals surface area (Å²) in [5.41, 5.74) is 7.02. The summed E-state index contributed by atoms with van der Waals surface area (Å²) in [5, 5.41) is 4.15. The minimum absolute atomic E-state index is 0.0935. The smallest absolute Gasteiger partial charge is 0.0729 e. The average Bonchev–Trinajstić information content (AvgIpc) is 2.87. The van der Waals surface area contributed by atoms with Crippen LogP contribution in [-0.2, 0) is 5.41 Å². The predicted octanol–water partition coefficient (Wildman–Crippen LogP) is 4.81. The van der Waals surface area contributed by atoms with Gasteiger partial charge in [0, 0.05) is 16.3 Å². The standard InChI is InChI=1S/C16H21ClN2S/c1-16(2,3)15-9-8-14(20-15)13(10-18)19-12-7-5-4-6-11(12)17/h4-9,13,19H,10,18H2,1-3H3. The summed E-state index contributed by atoms with van der Waals surface area (Å²) in [7, 11) is 0.